The SMILES string of the molecule is C=C(c1cccnc1Oc1ccccc1)N1CCN(CC(=O)N2CCN(C3CCC3)CC2)CC1. The van der Waals surface area contributed by atoms with E-state index in [1.807, 2.05) is 42.5 Å². The summed E-state index contributed by atoms with van der Waals surface area (Å²) in [6, 6.07) is 14.4. The molecule has 3 aliphatic rings. The lowest BCUT2D eigenvalue weighted by atomic mass is 9.91. The van der Waals surface area contributed by atoms with Gasteiger partial charge in [-0.3, -0.25) is 14.6 Å². The number of carbonyl (C=O) groups is 1. The Kier molecular flexibility index (Phi) is 7.11. The number of aromatic nitrogens is 1. The predicted octanol–water partition coefficient (Wildman–Crippen LogP) is 3.16. The van der Waals surface area contributed by atoms with Crippen molar-refractivity contribution in [1.82, 2.24) is 24.6 Å². The van der Waals surface area contributed by atoms with E-state index in [9.17, 15) is 4.79 Å². The summed E-state index contributed by atoms with van der Waals surface area (Å²) in [5.41, 5.74) is 1.82. The molecule has 1 amide bonds. The number of hydrogen-bond acceptors (Lipinski definition) is 6. The quantitative estimate of drug-likeness (QED) is 0.632. The van der Waals surface area contributed by atoms with Crippen molar-refractivity contribution in [3.05, 3.63) is 60.8 Å². The normalized spacial score (nSPS) is 20.1. The molecule has 0 N–H and O–H groups in total. The van der Waals surface area contributed by atoms with Crippen LogP contribution in [0.15, 0.2) is 55.2 Å². The lowest BCUT2D eigenvalue weighted by Crippen LogP contribution is -2.56. The van der Waals surface area contributed by atoms with Gasteiger partial charge in [0.1, 0.15) is 5.75 Å². The zero-order valence-electron chi connectivity index (χ0n) is 19.9. The lowest BCUT2D eigenvalue weighted by molar-refractivity contribution is -0.135. The van der Waals surface area contributed by atoms with Gasteiger partial charge in [0.25, 0.3) is 0 Å². The fraction of sp³-hybridized carbons (Fsp3) is 0.481. The Hall–Kier alpha value is -2.90. The minimum atomic E-state index is 0.270. The van der Waals surface area contributed by atoms with E-state index in [-0.39, 0.29) is 5.91 Å². The van der Waals surface area contributed by atoms with Crippen LogP contribution < -0.4 is 4.74 Å². The molecule has 7 nitrogen and oxygen atoms in total. The Balaban J connectivity index is 1.11. The molecular weight excluding hydrogens is 426 g/mol. The maximum Gasteiger partial charge on any atom is 0.236 e. The summed E-state index contributed by atoms with van der Waals surface area (Å²) in [5.74, 6) is 1.59. The molecule has 5 rings (SSSR count). The predicted molar refractivity (Wildman–Crippen MR) is 134 cm³/mol. The van der Waals surface area contributed by atoms with E-state index in [1.54, 1.807) is 6.20 Å². The van der Waals surface area contributed by atoms with E-state index in [1.165, 1.54) is 19.3 Å². The Morgan fingerprint density at radius 1 is 0.912 bits per heavy atom. The molecule has 1 aromatic heterocycles. The number of nitrogens with zero attached hydrogens (tertiary/aromatic N) is 5. The van der Waals surface area contributed by atoms with Crippen LogP contribution in [0, 0.1) is 0 Å². The summed E-state index contributed by atoms with van der Waals surface area (Å²) >= 11 is 0. The summed E-state index contributed by atoms with van der Waals surface area (Å²) < 4.78 is 6.03. The van der Waals surface area contributed by atoms with Crippen LogP contribution in [0.25, 0.3) is 5.70 Å². The largest absolute Gasteiger partial charge is 0.438 e. The highest BCUT2D eigenvalue weighted by molar-refractivity contribution is 5.78. The van der Waals surface area contributed by atoms with Gasteiger partial charge in [-0.05, 0) is 37.1 Å². The van der Waals surface area contributed by atoms with Crippen molar-refractivity contribution < 1.29 is 9.53 Å². The van der Waals surface area contributed by atoms with E-state index in [2.05, 4.69) is 31.2 Å². The van der Waals surface area contributed by atoms with Gasteiger partial charge in [0, 0.05) is 70.3 Å². The van der Waals surface area contributed by atoms with Crippen molar-refractivity contribution in [2.45, 2.75) is 25.3 Å². The van der Waals surface area contributed by atoms with Crippen LogP contribution >= 0.6 is 0 Å². The number of carbonyl (C=O) groups excluding carboxylic acids is 1. The Morgan fingerprint density at radius 3 is 2.29 bits per heavy atom. The third kappa shape index (κ3) is 5.26. The van der Waals surface area contributed by atoms with Gasteiger partial charge in [0.2, 0.25) is 11.8 Å². The number of benzene rings is 1. The molecular formula is C27H35N5O2. The van der Waals surface area contributed by atoms with Gasteiger partial charge in [-0.25, -0.2) is 4.98 Å². The van der Waals surface area contributed by atoms with Gasteiger partial charge in [0.15, 0.2) is 0 Å². The summed E-state index contributed by atoms with van der Waals surface area (Å²) in [5, 5.41) is 0. The maximum atomic E-state index is 12.9. The second-order valence-corrected chi connectivity index (χ2v) is 9.48. The third-order valence-electron chi connectivity index (χ3n) is 7.41. The monoisotopic (exact) mass is 461 g/mol. The minimum Gasteiger partial charge on any atom is -0.438 e. The minimum absolute atomic E-state index is 0.270. The van der Waals surface area contributed by atoms with Gasteiger partial charge in [-0.2, -0.15) is 0 Å². The fourth-order valence-electron chi connectivity index (χ4n) is 5.02. The first-order valence-corrected chi connectivity index (χ1v) is 12.5. The van der Waals surface area contributed by atoms with Gasteiger partial charge in [0.05, 0.1) is 12.1 Å². The van der Waals surface area contributed by atoms with Crippen LogP contribution in [0.1, 0.15) is 24.8 Å². The van der Waals surface area contributed by atoms with Gasteiger partial charge < -0.3 is 14.5 Å². The number of para-hydroxylation sites is 1. The number of pyridine rings is 1. The van der Waals surface area contributed by atoms with Crippen molar-refractivity contribution in [3.63, 3.8) is 0 Å². The fourth-order valence-corrected chi connectivity index (χ4v) is 5.02. The van der Waals surface area contributed by atoms with Gasteiger partial charge in [-0.15, -0.1) is 0 Å². The van der Waals surface area contributed by atoms with Crippen LogP contribution in [0.4, 0.5) is 0 Å². The van der Waals surface area contributed by atoms with Crippen LogP contribution in [0.3, 0.4) is 0 Å². The summed E-state index contributed by atoms with van der Waals surface area (Å²) in [6.07, 6.45) is 5.78. The van der Waals surface area contributed by atoms with Crippen molar-refractivity contribution in [3.8, 4) is 11.6 Å². The van der Waals surface area contributed by atoms with Gasteiger partial charge >= 0.3 is 0 Å². The summed E-state index contributed by atoms with van der Waals surface area (Å²) in [4.78, 5) is 26.5. The van der Waals surface area contributed by atoms with E-state index in [0.717, 1.165) is 75.4 Å². The van der Waals surface area contributed by atoms with Crippen molar-refractivity contribution in [2.75, 3.05) is 58.9 Å². The standard InChI is InChI=1S/C27H35N5O2/c1-22(25-11-6-12-28-27(25)34-24-9-3-2-4-10-24)30-15-13-29(14-16-30)21-26(33)32-19-17-31(18-20-32)23-7-5-8-23/h2-4,6,9-12,23H,1,5,7-8,13-21H2. The molecule has 3 fully saturated rings. The molecule has 1 aromatic carbocycles. The Labute approximate surface area is 202 Å². The molecule has 2 aromatic rings. The topological polar surface area (TPSA) is 52.2 Å². The second kappa shape index (κ2) is 10.6. The molecule has 34 heavy (non-hydrogen) atoms. The maximum absolute atomic E-state index is 12.9. The Morgan fingerprint density at radius 2 is 1.62 bits per heavy atom. The lowest BCUT2D eigenvalue weighted by Gasteiger charge is -2.43. The molecule has 180 valence electrons. The molecule has 0 unspecified atom stereocenters. The van der Waals surface area contributed by atoms with Crippen LogP contribution in [0.2, 0.25) is 0 Å². The van der Waals surface area contributed by atoms with Crippen molar-refractivity contribution >= 4 is 11.6 Å². The first-order valence-electron chi connectivity index (χ1n) is 12.5. The van der Waals surface area contributed by atoms with E-state index in [0.29, 0.717) is 12.4 Å². The highest BCUT2D eigenvalue weighted by atomic mass is 16.5. The molecule has 0 bridgehead atoms. The molecule has 2 saturated heterocycles. The molecule has 0 spiro atoms. The molecule has 1 saturated carbocycles. The molecule has 0 atom stereocenters. The average molecular weight is 462 g/mol. The first kappa shape index (κ1) is 22.9. The van der Waals surface area contributed by atoms with E-state index in [4.69, 9.17) is 4.74 Å². The summed E-state index contributed by atoms with van der Waals surface area (Å²) in [6.45, 7) is 12.0. The number of hydrogen-bond donors (Lipinski definition) is 0. The molecule has 7 heteroatoms. The Bertz CT molecular complexity index is 978. The molecule has 0 radical (unpaired) electrons. The van der Waals surface area contributed by atoms with E-state index < -0.39 is 0 Å². The number of amides is 1. The number of ether oxygens (including phenoxy) is 1. The van der Waals surface area contributed by atoms with Gasteiger partial charge in [-0.1, -0.05) is 31.2 Å². The number of piperazine rings is 2. The second-order valence-electron chi connectivity index (χ2n) is 9.48. The van der Waals surface area contributed by atoms with Crippen LogP contribution in [-0.4, -0.2) is 95.4 Å². The average Bonchev–Trinajstić information content (AvgIpc) is 2.84. The van der Waals surface area contributed by atoms with Crippen molar-refractivity contribution in [1.29, 1.82) is 0 Å². The zero-order chi connectivity index (χ0) is 23.3. The first-order chi connectivity index (χ1) is 16.7. The number of rotatable bonds is 7. The van der Waals surface area contributed by atoms with Crippen molar-refractivity contribution in [2.24, 2.45) is 0 Å². The smallest absolute Gasteiger partial charge is 0.236 e. The summed E-state index contributed by atoms with van der Waals surface area (Å²) in [7, 11) is 0. The van der Waals surface area contributed by atoms with Crippen LogP contribution in [-0.2, 0) is 4.79 Å². The highest BCUT2D eigenvalue weighted by Gasteiger charge is 2.30. The molecule has 1 aliphatic carbocycles. The highest BCUT2D eigenvalue weighted by Crippen LogP contribution is 2.30. The van der Waals surface area contributed by atoms with E-state index >= 15 is 0 Å². The molecule has 3 heterocycles. The zero-order valence-corrected chi connectivity index (χ0v) is 19.9. The molecule has 2 aliphatic heterocycles. The van der Waals surface area contributed by atoms with Crippen LogP contribution in [0.5, 0.6) is 11.6 Å². The third-order valence-corrected chi connectivity index (χ3v) is 7.41.